The molecule has 90 valence electrons. The summed E-state index contributed by atoms with van der Waals surface area (Å²) in [6, 6.07) is 8.38. The molecule has 1 aromatic carbocycles. The van der Waals surface area contributed by atoms with Crippen LogP contribution in [-0.2, 0) is 6.54 Å². The number of hydrogen-bond acceptors (Lipinski definition) is 1. The van der Waals surface area contributed by atoms with Gasteiger partial charge in [-0.2, -0.15) is 0 Å². The second-order valence-corrected chi connectivity index (χ2v) is 5.52. The molecule has 1 rings (SSSR count). The first-order chi connectivity index (χ1) is 7.84. The zero-order valence-electron chi connectivity index (χ0n) is 9.52. The van der Waals surface area contributed by atoms with E-state index in [0.29, 0.717) is 0 Å². The molecular formula is C13H19Br2N. The van der Waals surface area contributed by atoms with Crippen molar-refractivity contribution in [1.29, 1.82) is 0 Å². The number of unbranched alkanes of at least 4 members (excludes halogenated alkanes) is 3. The third-order valence-electron chi connectivity index (χ3n) is 2.51. The van der Waals surface area contributed by atoms with E-state index in [4.69, 9.17) is 0 Å². The Morgan fingerprint density at radius 3 is 2.50 bits per heavy atom. The Balaban J connectivity index is 2.05. The Hall–Kier alpha value is 0.140. The predicted molar refractivity (Wildman–Crippen MR) is 78.1 cm³/mol. The van der Waals surface area contributed by atoms with E-state index < -0.39 is 0 Å². The molecule has 0 heterocycles. The maximum Gasteiger partial charge on any atom is 0.0220 e. The van der Waals surface area contributed by atoms with E-state index in [1.165, 1.54) is 35.7 Å². The van der Waals surface area contributed by atoms with Crippen molar-refractivity contribution in [3.05, 3.63) is 34.3 Å². The van der Waals surface area contributed by atoms with Gasteiger partial charge >= 0.3 is 0 Å². The Labute approximate surface area is 115 Å². The molecule has 0 unspecified atom stereocenters. The summed E-state index contributed by atoms with van der Waals surface area (Å²) in [6.07, 6.45) is 5.23. The minimum Gasteiger partial charge on any atom is -0.313 e. The van der Waals surface area contributed by atoms with Crippen LogP contribution in [0.4, 0.5) is 0 Å². The molecule has 0 aliphatic rings. The van der Waals surface area contributed by atoms with Gasteiger partial charge in [-0.1, -0.05) is 62.9 Å². The monoisotopic (exact) mass is 347 g/mol. The molecule has 0 radical (unpaired) electrons. The van der Waals surface area contributed by atoms with Crippen LogP contribution in [0.2, 0.25) is 0 Å². The van der Waals surface area contributed by atoms with Crippen LogP contribution in [0.15, 0.2) is 28.7 Å². The maximum atomic E-state index is 3.55. The quantitative estimate of drug-likeness (QED) is 0.539. The Morgan fingerprint density at radius 1 is 1.00 bits per heavy atom. The van der Waals surface area contributed by atoms with E-state index in [1.807, 2.05) is 6.07 Å². The molecule has 0 saturated carbocycles. The number of benzene rings is 1. The van der Waals surface area contributed by atoms with Crippen LogP contribution in [-0.4, -0.2) is 11.9 Å². The molecule has 0 aromatic heterocycles. The molecule has 0 fully saturated rings. The number of halogens is 2. The standard InChI is InChI=1S/C13H19Br2N/c14-9-5-1-2-6-10-16-11-12-7-3-4-8-13(12)15/h3-4,7-8,16H,1-2,5-6,9-11H2. The summed E-state index contributed by atoms with van der Waals surface area (Å²) < 4.78 is 1.20. The molecule has 16 heavy (non-hydrogen) atoms. The zero-order chi connectivity index (χ0) is 11.6. The second kappa shape index (κ2) is 9.20. The molecule has 0 aliphatic heterocycles. The summed E-state index contributed by atoms with van der Waals surface area (Å²) in [4.78, 5) is 0. The van der Waals surface area contributed by atoms with Crippen molar-refractivity contribution in [1.82, 2.24) is 5.32 Å². The molecule has 0 saturated heterocycles. The normalized spacial score (nSPS) is 10.6. The Kier molecular flexibility index (Phi) is 8.17. The van der Waals surface area contributed by atoms with Crippen LogP contribution < -0.4 is 5.32 Å². The first-order valence-electron chi connectivity index (χ1n) is 5.84. The first-order valence-corrected chi connectivity index (χ1v) is 7.76. The van der Waals surface area contributed by atoms with Crippen molar-refractivity contribution in [2.75, 3.05) is 11.9 Å². The molecule has 1 nitrogen and oxygen atoms in total. The maximum absolute atomic E-state index is 3.55. The van der Waals surface area contributed by atoms with Crippen molar-refractivity contribution in [2.24, 2.45) is 0 Å². The fraction of sp³-hybridized carbons (Fsp3) is 0.538. The van der Waals surface area contributed by atoms with E-state index in [2.05, 4.69) is 55.4 Å². The molecule has 0 spiro atoms. The van der Waals surface area contributed by atoms with Gasteiger partial charge in [0.2, 0.25) is 0 Å². The summed E-state index contributed by atoms with van der Waals surface area (Å²) in [6.45, 7) is 2.07. The van der Waals surface area contributed by atoms with Gasteiger partial charge in [0.15, 0.2) is 0 Å². The van der Waals surface area contributed by atoms with Crippen LogP contribution in [0.25, 0.3) is 0 Å². The average Bonchev–Trinajstić information content (AvgIpc) is 2.30. The van der Waals surface area contributed by atoms with E-state index in [0.717, 1.165) is 18.4 Å². The highest BCUT2D eigenvalue weighted by molar-refractivity contribution is 9.10. The Morgan fingerprint density at radius 2 is 1.75 bits per heavy atom. The lowest BCUT2D eigenvalue weighted by atomic mass is 10.2. The van der Waals surface area contributed by atoms with Crippen LogP contribution in [0.3, 0.4) is 0 Å². The van der Waals surface area contributed by atoms with Crippen molar-refractivity contribution in [3.63, 3.8) is 0 Å². The van der Waals surface area contributed by atoms with E-state index in [1.54, 1.807) is 0 Å². The fourth-order valence-electron chi connectivity index (χ4n) is 1.56. The largest absolute Gasteiger partial charge is 0.313 e. The third-order valence-corrected chi connectivity index (χ3v) is 3.84. The first kappa shape index (κ1) is 14.2. The van der Waals surface area contributed by atoms with Crippen molar-refractivity contribution in [2.45, 2.75) is 32.2 Å². The number of hydrogen-bond donors (Lipinski definition) is 1. The lowest BCUT2D eigenvalue weighted by Gasteiger charge is -2.06. The smallest absolute Gasteiger partial charge is 0.0220 e. The SMILES string of the molecule is BrCCCCCCNCc1ccccc1Br. The van der Waals surface area contributed by atoms with Crippen LogP contribution in [0.1, 0.15) is 31.2 Å². The van der Waals surface area contributed by atoms with E-state index in [9.17, 15) is 0 Å². The predicted octanol–water partition coefficient (Wildman–Crippen LogP) is 4.49. The number of rotatable bonds is 8. The van der Waals surface area contributed by atoms with Gasteiger partial charge in [-0.15, -0.1) is 0 Å². The van der Waals surface area contributed by atoms with Crippen LogP contribution in [0.5, 0.6) is 0 Å². The molecule has 1 N–H and O–H groups in total. The van der Waals surface area contributed by atoms with E-state index >= 15 is 0 Å². The molecule has 1 aromatic rings. The average molecular weight is 349 g/mol. The van der Waals surface area contributed by atoms with Crippen molar-refractivity contribution in [3.8, 4) is 0 Å². The summed E-state index contributed by atoms with van der Waals surface area (Å²) in [5.74, 6) is 0. The molecule has 0 bridgehead atoms. The third kappa shape index (κ3) is 6.02. The van der Waals surface area contributed by atoms with Crippen LogP contribution in [0, 0.1) is 0 Å². The molecule has 3 heteroatoms. The highest BCUT2D eigenvalue weighted by Gasteiger charge is 1.96. The number of alkyl halides is 1. The second-order valence-electron chi connectivity index (χ2n) is 3.87. The summed E-state index contributed by atoms with van der Waals surface area (Å²) in [5.41, 5.74) is 1.34. The Bertz CT molecular complexity index is 289. The highest BCUT2D eigenvalue weighted by atomic mass is 79.9. The van der Waals surface area contributed by atoms with Gasteiger partial charge in [0.05, 0.1) is 0 Å². The van der Waals surface area contributed by atoms with Gasteiger partial charge in [-0.3, -0.25) is 0 Å². The summed E-state index contributed by atoms with van der Waals surface area (Å²) >= 11 is 7.00. The minimum atomic E-state index is 0.958. The van der Waals surface area contributed by atoms with E-state index in [-0.39, 0.29) is 0 Å². The lowest BCUT2D eigenvalue weighted by molar-refractivity contribution is 0.599. The van der Waals surface area contributed by atoms with Gasteiger partial charge < -0.3 is 5.32 Å². The summed E-state index contributed by atoms with van der Waals surface area (Å²) in [7, 11) is 0. The molecular weight excluding hydrogens is 330 g/mol. The van der Waals surface area contributed by atoms with Crippen molar-refractivity contribution < 1.29 is 0 Å². The fourth-order valence-corrected chi connectivity index (χ4v) is 2.38. The lowest BCUT2D eigenvalue weighted by Crippen LogP contribution is -2.14. The summed E-state index contributed by atoms with van der Waals surface area (Å²) in [5, 5.41) is 4.61. The number of nitrogens with one attached hydrogen (secondary N) is 1. The van der Waals surface area contributed by atoms with Gasteiger partial charge in [-0.25, -0.2) is 0 Å². The van der Waals surface area contributed by atoms with Gasteiger partial charge in [0, 0.05) is 16.3 Å². The molecule has 0 aliphatic carbocycles. The molecule has 0 atom stereocenters. The van der Waals surface area contributed by atoms with Gasteiger partial charge in [0.1, 0.15) is 0 Å². The topological polar surface area (TPSA) is 12.0 Å². The van der Waals surface area contributed by atoms with Gasteiger partial charge in [0.25, 0.3) is 0 Å². The van der Waals surface area contributed by atoms with Gasteiger partial charge in [-0.05, 0) is 31.0 Å². The van der Waals surface area contributed by atoms with Crippen molar-refractivity contribution >= 4 is 31.9 Å². The van der Waals surface area contributed by atoms with Crippen LogP contribution >= 0.6 is 31.9 Å². The molecule has 0 amide bonds. The minimum absolute atomic E-state index is 0.958. The zero-order valence-corrected chi connectivity index (χ0v) is 12.7. The highest BCUT2D eigenvalue weighted by Crippen LogP contribution is 2.15.